The second kappa shape index (κ2) is 11.6. The van der Waals surface area contributed by atoms with Crippen LogP contribution in [0.1, 0.15) is 97.3 Å². The molecule has 20 heavy (non-hydrogen) atoms. The zero-order valence-corrected chi connectivity index (χ0v) is 13.9. The summed E-state index contributed by atoms with van der Waals surface area (Å²) >= 11 is 0. The molecule has 1 saturated carbocycles. The van der Waals surface area contributed by atoms with E-state index in [0.29, 0.717) is 0 Å². The first-order valence-corrected chi connectivity index (χ1v) is 9.11. The number of hydrogen-bond acceptors (Lipinski definition) is 2. The van der Waals surface area contributed by atoms with E-state index in [1.807, 2.05) is 0 Å². The topological polar surface area (TPSA) is 18.5 Å². The molecule has 2 heteroatoms. The van der Waals surface area contributed by atoms with Crippen LogP contribution in [0, 0.1) is 0 Å². The summed E-state index contributed by atoms with van der Waals surface area (Å²) in [5.41, 5.74) is 0. The van der Waals surface area contributed by atoms with Gasteiger partial charge in [0, 0.05) is 12.8 Å². The van der Waals surface area contributed by atoms with Crippen LogP contribution in [0.4, 0.5) is 0 Å². The predicted octanol–water partition coefficient (Wildman–Crippen LogP) is 5.84. The van der Waals surface area contributed by atoms with E-state index in [9.17, 15) is 0 Å². The van der Waals surface area contributed by atoms with Crippen LogP contribution in [-0.2, 0) is 9.47 Å². The summed E-state index contributed by atoms with van der Waals surface area (Å²) in [7, 11) is 0. The van der Waals surface area contributed by atoms with Crippen molar-refractivity contribution in [2.75, 3.05) is 13.2 Å². The Labute approximate surface area is 126 Å². The van der Waals surface area contributed by atoms with Crippen LogP contribution in [-0.4, -0.2) is 19.0 Å². The molecule has 2 nitrogen and oxygen atoms in total. The van der Waals surface area contributed by atoms with Crippen LogP contribution in [0.15, 0.2) is 0 Å². The molecule has 0 unspecified atom stereocenters. The van der Waals surface area contributed by atoms with Crippen molar-refractivity contribution in [3.05, 3.63) is 0 Å². The van der Waals surface area contributed by atoms with Crippen molar-refractivity contribution >= 4 is 0 Å². The molecule has 0 bridgehead atoms. The molecule has 1 aliphatic rings. The minimum absolute atomic E-state index is 0.226. The number of hydrogen-bond donors (Lipinski definition) is 0. The molecular formula is C18H36O2. The zero-order chi connectivity index (χ0) is 14.5. The molecule has 0 N–H and O–H groups in total. The molecule has 0 aliphatic heterocycles. The van der Waals surface area contributed by atoms with E-state index < -0.39 is 0 Å². The number of rotatable bonds is 12. The molecule has 1 aliphatic carbocycles. The Morgan fingerprint density at radius 2 is 1.15 bits per heavy atom. The Bertz CT molecular complexity index is 193. The molecule has 0 saturated heterocycles. The van der Waals surface area contributed by atoms with Crippen molar-refractivity contribution in [2.45, 2.75) is 103 Å². The largest absolute Gasteiger partial charge is 0.350 e. The minimum Gasteiger partial charge on any atom is -0.350 e. The summed E-state index contributed by atoms with van der Waals surface area (Å²) in [4.78, 5) is 0. The Kier molecular flexibility index (Phi) is 10.4. The molecule has 0 spiro atoms. The van der Waals surface area contributed by atoms with Gasteiger partial charge in [-0.25, -0.2) is 0 Å². The van der Waals surface area contributed by atoms with Gasteiger partial charge in [-0.15, -0.1) is 0 Å². The third-order valence-corrected chi connectivity index (χ3v) is 4.34. The lowest BCUT2D eigenvalue weighted by Crippen LogP contribution is -2.38. The van der Waals surface area contributed by atoms with Crippen molar-refractivity contribution in [3.8, 4) is 0 Å². The van der Waals surface area contributed by atoms with Crippen molar-refractivity contribution < 1.29 is 9.47 Å². The third kappa shape index (κ3) is 7.64. The van der Waals surface area contributed by atoms with E-state index in [0.717, 1.165) is 26.1 Å². The maximum absolute atomic E-state index is 6.20. The van der Waals surface area contributed by atoms with E-state index in [1.165, 1.54) is 70.6 Å². The molecule has 0 aromatic rings. The minimum atomic E-state index is -0.226. The van der Waals surface area contributed by atoms with Crippen molar-refractivity contribution in [2.24, 2.45) is 0 Å². The smallest absolute Gasteiger partial charge is 0.168 e. The van der Waals surface area contributed by atoms with Gasteiger partial charge in [-0.05, 0) is 25.7 Å². The third-order valence-electron chi connectivity index (χ3n) is 4.34. The summed E-state index contributed by atoms with van der Waals surface area (Å²) < 4.78 is 12.4. The van der Waals surface area contributed by atoms with Gasteiger partial charge >= 0.3 is 0 Å². The van der Waals surface area contributed by atoms with E-state index >= 15 is 0 Å². The van der Waals surface area contributed by atoms with Crippen LogP contribution in [0.2, 0.25) is 0 Å². The van der Waals surface area contributed by atoms with Crippen molar-refractivity contribution in [1.29, 1.82) is 0 Å². The SMILES string of the molecule is CCCCCCOC1(OCCCCCC)CCCCC1. The van der Waals surface area contributed by atoms with Gasteiger partial charge in [-0.2, -0.15) is 0 Å². The first-order valence-electron chi connectivity index (χ1n) is 9.11. The Morgan fingerprint density at radius 3 is 1.60 bits per heavy atom. The molecule has 0 aromatic carbocycles. The molecule has 0 atom stereocenters. The van der Waals surface area contributed by atoms with E-state index in [4.69, 9.17) is 9.47 Å². The van der Waals surface area contributed by atoms with Crippen LogP contribution in [0.25, 0.3) is 0 Å². The quantitative estimate of drug-likeness (QED) is 0.331. The molecule has 1 fully saturated rings. The van der Waals surface area contributed by atoms with Crippen LogP contribution >= 0.6 is 0 Å². The second-order valence-electron chi connectivity index (χ2n) is 6.29. The maximum atomic E-state index is 6.20. The van der Waals surface area contributed by atoms with Crippen LogP contribution in [0.5, 0.6) is 0 Å². The summed E-state index contributed by atoms with van der Waals surface area (Å²) in [5, 5.41) is 0. The van der Waals surface area contributed by atoms with Crippen molar-refractivity contribution in [3.63, 3.8) is 0 Å². The fourth-order valence-corrected chi connectivity index (χ4v) is 2.99. The van der Waals surface area contributed by atoms with E-state index in [1.54, 1.807) is 0 Å². The molecule has 0 heterocycles. The lowest BCUT2D eigenvalue weighted by Gasteiger charge is -2.37. The zero-order valence-electron chi connectivity index (χ0n) is 13.9. The van der Waals surface area contributed by atoms with Crippen LogP contribution in [0.3, 0.4) is 0 Å². The number of ether oxygens (including phenoxy) is 2. The van der Waals surface area contributed by atoms with Gasteiger partial charge in [-0.3, -0.25) is 0 Å². The molecule has 0 amide bonds. The van der Waals surface area contributed by atoms with Gasteiger partial charge < -0.3 is 9.47 Å². The van der Waals surface area contributed by atoms with Gasteiger partial charge in [-0.1, -0.05) is 58.8 Å². The lowest BCUT2D eigenvalue weighted by atomic mass is 9.94. The monoisotopic (exact) mass is 284 g/mol. The van der Waals surface area contributed by atoms with Gasteiger partial charge in [0.1, 0.15) is 0 Å². The summed E-state index contributed by atoms with van der Waals surface area (Å²) in [6.45, 7) is 6.27. The summed E-state index contributed by atoms with van der Waals surface area (Å²) in [5.74, 6) is -0.226. The molecule has 120 valence electrons. The maximum Gasteiger partial charge on any atom is 0.168 e. The Balaban J connectivity index is 2.22. The fraction of sp³-hybridized carbons (Fsp3) is 1.00. The lowest BCUT2D eigenvalue weighted by molar-refractivity contribution is -0.253. The average Bonchev–Trinajstić information content (AvgIpc) is 2.48. The molecular weight excluding hydrogens is 248 g/mol. The van der Waals surface area contributed by atoms with Gasteiger partial charge in [0.05, 0.1) is 13.2 Å². The second-order valence-corrected chi connectivity index (χ2v) is 6.29. The predicted molar refractivity (Wildman–Crippen MR) is 86.0 cm³/mol. The normalized spacial score (nSPS) is 18.3. The molecule has 1 rings (SSSR count). The van der Waals surface area contributed by atoms with Gasteiger partial charge in [0.25, 0.3) is 0 Å². The van der Waals surface area contributed by atoms with E-state index in [-0.39, 0.29) is 5.79 Å². The highest BCUT2D eigenvalue weighted by atomic mass is 16.7. The number of unbranched alkanes of at least 4 members (excludes halogenated alkanes) is 6. The first kappa shape index (κ1) is 18.0. The Morgan fingerprint density at radius 1 is 0.650 bits per heavy atom. The molecule has 0 radical (unpaired) electrons. The first-order chi connectivity index (χ1) is 9.83. The molecule has 0 aromatic heterocycles. The fourth-order valence-electron chi connectivity index (χ4n) is 2.99. The van der Waals surface area contributed by atoms with Gasteiger partial charge in [0.2, 0.25) is 0 Å². The summed E-state index contributed by atoms with van der Waals surface area (Å²) in [6.07, 6.45) is 16.3. The highest BCUT2D eigenvalue weighted by molar-refractivity contribution is 4.75. The highest BCUT2D eigenvalue weighted by Gasteiger charge is 2.33. The van der Waals surface area contributed by atoms with Crippen LogP contribution < -0.4 is 0 Å². The standard InChI is InChI=1S/C18H36O2/c1-3-5-7-12-16-19-18(14-10-9-11-15-18)20-17-13-8-6-4-2/h3-17H2,1-2H3. The van der Waals surface area contributed by atoms with Crippen molar-refractivity contribution in [1.82, 2.24) is 0 Å². The van der Waals surface area contributed by atoms with E-state index in [2.05, 4.69) is 13.8 Å². The van der Waals surface area contributed by atoms with Gasteiger partial charge in [0.15, 0.2) is 5.79 Å². The Hall–Kier alpha value is -0.0800. The highest BCUT2D eigenvalue weighted by Crippen LogP contribution is 2.33. The average molecular weight is 284 g/mol. The summed E-state index contributed by atoms with van der Waals surface area (Å²) in [6, 6.07) is 0.